The molecule has 22 heavy (non-hydrogen) atoms. The molecule has 1 heterocycles. The topological polar surface area (TPSA) is 66.5 Å². The van der Waals surface area contributed by atoms with Gasteiger partial charge in [-0.3, -0.25) is 4.79 Å². The van der Waals surface area contributed by atoms with E-state index in [1.807, 2.05) is 0 Å². The number of benzene rings is 1. The van der Waals surface area contributed by atoms with Crippen LogP contribution in [0.5, 0.6) is 0 Å². The molecular weight excluding hydrogens is 331 g/mol. The normalized spacial score (nSPS) is 19.9. The Kier molecular flexibility index (Phi) is 5.41. The second-order valence-electron chi connectivity index (χ2n) is 5.20. The average Bonchev–Trinajstić information content (AvgIpc) is 2.49. The van der Waals surface area contributed by atoms with Gasteiger partial charge in [-0.1, -0.05) is 18.5 Å². The summed E-state index contributed by atoms with van der Waals surface area (Å²) in [6.45, 7) is 2.23. The molecule has 0 aromatic heterocycles. The van der Waals surface area contributed by atoms with E-state index in [9.17, 15) is 17.6 Å². The third-order valence-electron chi connectivity index (χ3n) is 3.58. The van der Waals surface area contributed by atoms with Gasteiger partial charge in [0.05, 0.1) is 5.02 Å². The van der Waals surface area contributed by atoms with Gasteiger partial charge >= 0.3 is 0 Å². The molecular formula is C14H18ClFN2O3S. The Morgan fingerprint density at radius 3 is 2.91 bits per heavy atom. The second-order valence-corrected chi connectivity index (χ2v) is 7.51. The molecule has 1 atom stereocenters. The Balaban J connectivity index is 2.22. The van der Waals surface area contributed by atoms with Crippen LogP contribution in [0.4, 0.5) is 4.39 Å². The fraction of sp³-hybridized carbons (Fsp3) is 0.500. The van der Waals surface area contributed by atoms with Crippen molar-refractivity contribution in [3.8, 4) is 0 Å². The Bertz CT molecular complexity index is 666. The van der Waals surface area contributed by atoms with Crippen LogP contribution in [0.15, 0.2) is 23.1 Å². The average molecular weight is 349 g/mol. The van der Waals surface area contributed by atoms with Crippen LogP contribution in [-0.2, 0) is 14.8 Å². The zero-order chi connectivity index (χ0) is 16.3. The molecule has 122 valence electrons. The number of sulfonamides is 1. The van der Waals surface area contributed by atoms with Crippen LogP contribution >= 0.6 is 11.6 Å². The number of carbonyl (C=O) groups is 1. The third kappa shape index (κ3) is 3.77. The lowest BCUT2D eigenvalue weighted by atomic mass is 10.1. The van der Waals surface area contributed by atoms with E-state index in [1.165, 1.54) is 10.4 Å². The van der Waals surface area contributed by atoms with Gasteiger partial charge < -0.3 is 5.32 Å². The van der Waals surface area contributed by atoms with Gasteiger partial charge in [0, 0.05) is 25.6 Å². The monoisotopic (exact) mass is 348 g/mol. The van der Waals surface area contributed by atoms with Gasteiger partial charge in [-0.25, -0.2) is 12.8 Å². The summed E-state index contributed by atoms with van der Waals surface area (Å²) in [5.41, 5.74) is 0. The lowest BCUT2D eigenvalue weighted by Crippen LogP contribution is -2.49. The molecule has 1 aliphatic heterocycles. The summed E-state index contributed by atoms with van der Waals surface area (Å²) in [6.07, 6.45) is 1.69. The number of rotatable bonds is 4. The van der Waals surface area contributed by atoms with Crippen LogP contribution < -0.4 is 5.32 Å². The maximum atomic E-state index is 13.3. The van der Waals surface area contributed by atoms with Crippen molar-refractivity contribution < 1.29 is 17.6 Å². The summed E-state index contributed by atoms with van der Waals surface area (Å²) < 4.78 is 39.8. The maximum absolute atomic E-state index is 13.3. The minimum Gasteiger partial charge on any atom is -0.352 e. The Morgan fingerprint density at radius 1 is 1.50 bits per heavy atom. The quantitative estimate of drug-likeness (QED) is 0.906. The molecule has 1 aliphatic rings. The molecule has 0 radical (unpaired) electrons. The fourth-order valence-corrected chi connectivity index (χ4v) is 4.43. The Hall–Kier alpha value is -1.18. The summed E-state index contributed by atoms with van der Waals surface area (Å²) >= 11 is 5.90. The van der Waals surface area contributed by atoms with Gasteiger partial charge in [0.2, 0.25) is 15.9 Å². The van der Waals surface area contributed by atoms with Gasteiger partial charge in [0.1, 0.15) is 10.7 Å². The van der Waals surface area contributed by atoms with E-state index in [4.69, 9.17) is 11.6 Å². The highest BCUT2D eigenvalue weighted by atomic mass is 35.5. The molecule has 0 unspecified atom stereocenters. The van der Waals surface area contributed by atoms with Gasteiger partial charge in [-0.05, 0) is 31.0 Å². The van der Waals surface area contributed by atoms with E-state index in [2.05, 4.69) is 5.32 Å². The van der Waals surface area contributed by atoms with Gasteiger partial charge in [0.15, 0.2) is 0 Å². The second kappa shape index (κ2) is 6.93. The number of amides is 1. The first-order valence-corrected chi connectivity index (χ1v) is 8.91. The molecule has 2 rings (SSSR count). The summed E-state index contributed by atoms with van der Waals surface area (Å²) in [5, 5.41) is 2.78. The van der Waals surface area contributed by atoms with Crippen molar-refractivity contribution in [1.82, 2.24) is 9.62 Å². The van der Waals surface area contributed by atoms with E-state index < -0.39 is 15.8 Å². The molecule has 1 fully saturated rings. The van der Waals surface area contributed by atoms with Crippen molar-refractivity contribution in [3.63, 3.8) is 0 Å². The van der Waals surface area contributed by atoms with E-state index >= 15 is 0 Å². The van der Waals surface area contributed by atoms with Gasteiger partial charge in [-0.2, -0.15) is 4.31 Å². The van der Waals surface area contributed by atoms with Crippen LogP contribution in [0.3, 0.4) is 0 Å². The van der Waals surface area contributed by atoms with E-state index in [1.54, 1.807) is 6.92 Å². The predicted octanol–water partition coefficient (Wildman–Crippen LogP) is 2.16. The van der Waals surface area contributed by atoms with Crippen LogP contribution in [0.2, 0.25) is 5.02 Å². The number of carbonyl (C=O) groups excluding carboxylic acids is 1. The van der Waals surface area contributed by atoms with Crippen LogP contribution in [0, 0.1) is 5.82 Å². The number of hydrogen-bond acceptors (Lipinski definition) is 3. The molecule has 0 spiro atoms. The number of halogens is 2. The maximum Gasteiger partial charge on any atom is 0.244 e. The third-order valence-corrected chi connectivity index (χ3v) is 5.93. The van der Waals surface area contributed by atoms with E-state index in [0.717, 1.165) is 12.1 Å². The first kappa shape index (κ1) is 17.2. The highest BCUT2D eigenvalue weighted by Gasteiger charge is 2.32. The van der Waals surface area contributed by atoms with Crippen molar-refractivity contribution in [2.45, 2.75) is 37.1 Å². The number of nitrogens with one attached hydrogen (secondary N) is 1. The van der Waals surface area contributed by atoms with E-state index in [0.29, 0.717) is 25.8 Å². The van der Waals surface area contributed by atoms with Crippen molar-refractivity contribution in [1.29, 1.82) is 0 Å². The van der Waals surface area contributed by atoms with Gasteiger partial charge in [0.25, 0.3) is 0 Å². The van der Waals surface area contributed by atoms with Crippen LogP contribution in [-0.4, -0.2) is 37.8 Å². The first-order chi connectivity index (χ1) is 10.3. The summed E-state index contributed by atoms with van der Waals surface area (Å²) in [5.74, 6) is -0.774. The van der Waals surface area contributed by atoms with Crippen molar-refractivity contribution in [2.24, 2.45) is 0 Å². The molecule has 1 aromatic rings. The van der Waals surface area contributed by atoms with Gasteiger partial charge in [-0.15, -0.1) is 0 Å². The number of nitrogens with zero attached hydrogens (tertiary/aromatic N) is 1. The van der Waals surface area contributed by atoms with Crippen molar-refractivity contribution in [3.05, 3.63) is 29.0 Å². The molecule has 5 nitrogen and oxygen atoms in total. The van der Waals surface area contributed by atoms with Crippen molar-refractivity contribution >= 4 is 27.5 Å². The SMILES string of the molecule is CCC(=O)N[C@H]1CCCN(S(=O)(=O)c2cc(F)ccc2Cl)C1. The number of piperidine rings is 1. The van der Waals surface area contributed by atoms with Crippen molar-refractivity contribution in [2.75, 3.05) is 13.1 Å². The largest absolute Gasteiger partial charge is 0.352 e. The highest BCUT2D eigenvalue weighted by Crippen LogP contribution is 2.27. The summed E-state index contributed by atoms with van der Waals surface area (Å²) in [4.78, 5) is 11.2. The molecule has 0 saturated carbocycles. The fourth-order valence-electron chi connectivity index (χ4n) is 2.42. The summed E-state index contributed by atoms with van der Waals surface area (Å²) in [6, 6.07) is 3.03. The standard InChI is InChI=1S/C14H18ClFN2O3S/c1-2-14(19)17-11-4-3-7-18(9-11)22(20,21)13-8-10(16)5-6-12(13)15/h5-6,8,11H,2-4,7,9H2,1H3,(H,17,19)/t11-/m0/s1. The molecule has 0 aliphatic carbocycles. The molecule has 8 heteroatoms. The molecule has 1 saturated heterocycles. The zero-order valence-corrected chi connectivity index (χ0v) is 13.8. The lowest BCUT2D eigenvalue weighted by molar-refractivity contribution is -0.121. The minimum absolute atomic E-state index is 0.0129. The molecule has 1 amide bonds. The Morgan fingerprint density at radius 2 is 2.23 bits per heavy atom. The number of hydrogen-bond donors (Lipinski definition) is 1. The van der Waals surface area contributed by atoms with Crippen LogP contribution in [0.25, 0.3) is 0 Å². The highest BCUT2D eigenvalue weighted by molar-refractivity contribution is 7.89. The molecule has 0 bridgehead atoms. The molecule has 1 aromatic carbocycles. The first-order valence-electron chi connectivity index (χ1n) is 7.09. The van der Waals surface area contributed by atoms with Crippen LogP contribution in [0.1, 0.15) is 26.2 Å². The van der Waals surface area contributed by atoms with E-state index in [-0.39, 0.29) is 28.4 Å². The predicted molar refractivity (Wildman–Crippen MR) is 81.6 cm³/mol. The summed E-state index contributed by atoms with van der Waals surface area (Å²) in [7, 11) is -3.88. The lowest BCUT2D eigenvalue weighted by Gasteiger charge is -2.32. The molecule has 1 N–H and O–H groups in total. The Labute approximate surface area is 134 Å². The zero-order valence-electron chi connectivity index (χ0n) is 12.2. The minimum atomic E-state index is -3.88. The smallest absolute Gasteiger partial charge is 0.244 e.